The predicted octanol–water partition coefficient (Wildman–Crippen LogP) is 4.10. The molecule has 1 aliphatic heterocycles. The zero-order valence-electron chi connectivity index (χ0n) is 16.8. The number of halogens is 4. The number of carbonyl (C=O) groups is 3. The highest BCUT2D eigenvalue weighted by Gasteiger charge is 2.43. The Labute approximate surface area is 181 Å². The van der Waals surface area contributed by atoms with Crippen molar-refractivity contribution in [1.29, 1.82) is 0 Å². The molecule has 0 unspecified atom stereocenters. The fourth-order valence-electron chi connectivity index (χ4n) is 3.23. The largest absolute Gasteiger partial charge is 0.471 e. The number of esters is 1. The maximum Gasteiger partial charge on any atom is 0.471 e. The Morgan fingerprint density at radius 3 is 2.44 bits per heavy atom. The monoisotopic (exact) mass is 449 g/mol. The lowest BCUT2D eigenvalue weighted by Gasteiger charge is -2.29. The van der Waals surface area contributed by atoms with Crippen molar-refractivity contribution in [2.75, 3.05) is 13.2 Å². The van der Waals surface area contributed by atoms with Crippen LogP contribution in [0, 0.1) is 5.82 Å². The van der Waals surface area contributed by atoms with Crippen LogP contribution in [0.5, 0.6) is 0 Å². The third-order valence-corrected chi connectivity index (χ3v) is 4.90. The standard InChI is InChI=1S/C23H19F4NO4/c24-19-8-4-15(5-9-19)2-1-3-21(30)32-14-20(29)17-6-7-18-13-28(11-10-16(18)12-17)22(31)23(25,26)27/h1-2,4-9,12H,3,10-11,13-14H2/b2-1+. The summed E-state index contributed by atoms with van der Waals surface area (Å²) >= 11 is 0. The molecule has 0 N–H and O–H groups in total. The van der Waals surface area contributed by atoms with Gasteiger partial charge >= 0.3 is 18.1 Å². The number of nitrogens with zero attached hydrogens (tertiary/aromatic N) is 1. The number of ketones is 1. The highest BCUT2D eigenvalue weighted by molar-refractivity contribution is 5.98. The van der Waals surface area contributed by atoms with Gasteiger partial charge in [0.05, 0.1) is 6.42 Å². The molecule has 1 heterocycles. The summed E-state index contributed by atoms with van der Waals surface area (Å²) in [6.07, 6.45) is -1.65. The van der Waals surface area contributed by atoms with E-state index in [2.05, 4.69) is 0 Å². The van der Waals surface area contributed by atoms with E-state index in [1.807, 2.05) is 0 Å². The number of ether oxygens (including phenoxy) is 1. The molecule has 0 aromatic heterocycles. The van der Waals surface area contributed by atoms with Crippen molar-refractivity contribution in [3.05, 3.63) is 76.6 Å². The first-order valence-corrected chi connectivity index (χ1v) is 9.72. The summed E-state index contributed by atoms with van der Waals surface area (Å²) in [6, 6.07) is 10.2. The summed E-state index contributed by atoms with van der Waals surface area (Å²) in [7, 11) is 0. The number of hydrogen-bond acceptors (Lipinski definition) is 4. The molecule has 1 aliphatic rings. The number of amides is 1. The molecule has 0 saturated heterocycles. The molecule has 2 aromatic carbocycles. The number of benzene rings is 2. The van der Waals surface area contributed by atoms with Gasteiger partial charge in [-0.05, 0) is 41.3 Å². The topological polar surface area (TPSA) is 63.7 Å². The molecular weight excluding hydrogens is 430 g/mol. The number of fused-ring (bicyclic) bond motifs is 1. The van der Waals surface area contributed by atoms with E-state index in [0.29, 0.717) is 16.7 Å². The first-order chi connectivity index (χ1) is 15.1. The van der Waals surface area contributed by atoms with Crippen LogP contribution in [0.1, 0.15) is 33.5 Å². The van der Waals surface area contributed by atoms with E-state index >= 15 is 0 Å². The Balaban J connectivity index is 1.51. The Kier molecular flexibility index (Phi) is 7.07. The minimum absolute atomic E-state index is 0.0715. The Morgan fingerprint density at radius 1 is 1.03 bits per heavy atom. The van der Waals surface area contributed by atoms with Crippen LogP contribution >= 0.6 is 0 Å². The molecule has 168 valence electrons. The van der Waals surface area contributed by atoms with Crippen molar-refractivity contribution >= 4 is 23.7 Å². The van der Waals surface area contributed by atoms with Crippen molar-refractivity contribution in [2.45, 2.75) is 25.6 Å². The molecule has 9 heteroatoms. The number of carbonyl (C=O) groups excluding carboxylic acids is 3. The van der Waals surface area contributed by atoms with E-state index in [-0.39, 0.29) is 37.3 Å². The zero-order valence-corrected chi connectivity index (χ0v) is 16.8. The SMILES string of the molecule is O=C(C/C=C/c1ccc(F)cc1)OCC(=O)c1ccc2c(c1)CCN(C(=O)C(F)(F)F)C2. The molecule has 0 radical (unpaired) electrons. The average Bonchev–Trinajstić information content (AvgIpc) is 2.77. The van der Waals surface area contributed by atoms with E-state index in [4.69, 9.17) is 4.74 Å². The molecule has 0 spiro atoms. The fraction of sp³-hybridized carbons (Fsp3) is 0.261. The summed E-state index contributed by atoms with van der Waals surface area (Å²) in [5, 5.41) is 0. The van der Waals surface area contributed by atoms with Crippen molar-refractivity contribution in [3.8, 4) is 0 Å². The molecule has 3 rings (SSSR count). The molecule has 0 saturated carbocycles. The Hall–Kier alpha value is -3.49. The van der Waals surface area contributed by atoms with Crippen LogP contribution in [-0.4, -0.2) is 41.9 Å². The van der Waals surface area contributed by atoms with Gasteiger partial charge in [-0.15, -0.1) is 0 Å². The van der Waals surface area contributed by atoms with E-state index in [1.165, 1.54) is 30.3 Å². The minimum Gasteiger partial charge on any atom is -0.457 e. The summed E-state index contributed by atoms with van der Waals surface area (Å²) in [5.74, 6) is -3.31. The van der Waals surface area contributed by atoms with Gasteiger partial charge in [-0.25, -0.2) is 4.39 Å². The van der Waals surface area contributed by atoms with Crippen molar-refractivity contribution < 1.29 is 36.7 Å². The van der Waals surface area contributed by atoms with Gasteiger partial charge < -0.3 is 9.64 Å². The lowest BCUT2D eigenvalue weighted by atomic mass is 9.96. The first-order valence-electron chi connectivity index (χ1n) is 9.72. The van der Waals surface area contributed by atoms with Crippen LogP contribution in [0.3, 0.4) is 0 Å². The second kappa shape index (κ2) is 9.76. The molecule has 0 bridgehead atoms. The summed E-state index contributed by atoms with van der Waals surface area (Å²) in [6.45, 7) is -0.753. The third kappa shape index (κ3) is 6.03. The minimum atomic E-state index is -4.93. The number of rotatable bonds is 6. The first kappa shape index (κ1) is 23.2. The van der Waals surface area contributed by atoms with E-state index in [0.717, 1.165) is 4.90 Å². The highest BCUT2D eigenvalue weighted by atomic mass is 19.4. The Bertz CT molecular complexity index is 1040. The summed E-state index contributed by atoms with van der Waals surface area (Å²) < 4.78 is 55.7. The molecule has 32 heavy (non-hydrogen) atoms. The zero-order chi connectivity index (χ0) is 23.3. The van der Waals surface area contributed by atoms with E-state index in [1.54, 1.807) is 24.3 Å². The van der Waals surface area contributed by atoms with Gasteiger partial charge in [0.25, 0.3) is 0 Å². The van der Waals surface area contributed by atoms with Gasteiger partial charge in [0.15, 0.2) is 12.4 Å². The molecule has 1 amide bonds. The number of Topliss-reactive ketones (excluding diaryl/α,β-unsaturated/α-hetero) is 1. The van der Waals surface area contributed by atoms with Gasteiger partial charge in [-0.1, -0.05) is 36.4 Å². The second-order valence-corrected chi connectivity index (χ2v) is 7.20. The summed E-state index contributed by atoms with van der Waals surface area (Å²) in [5.41, 5.74) is 2.19. The lowest BCUT2D eigenvalue weighted by molar-refractivity contribution is -0.186. The highest BCUT2D eigenvalue weighted by Crippen LogP contribution is 2.25. The van der Waals surface area contributed by atoms with Crippen molar-refractivity contribution in [3.63, 3.8) is 0 Å². The number of hydrogen-bond donors (Lipinski definition) is 0. The van der Waals surface area contributed by atoms with Gasteiger partial charge in [-0.3, -0.25) is 14.4 Å². The normalized spacial score (nSPS) is 13.7. The van der Waals surface area contributed by atoms with Gasteiger partial charge in [0, 0.05) is 18.7 Å². The molecule has 0 aliphatic carbocycles. The average molecular weight is 449 g/mol. The maximum atomic E-state index is 12.9. The van der Waals surface area contributed by atoms with Crippen LogP contribution in [0.2, 0.25) is 0 Å². The second-order valence-electron chi connectivity index (χ2n) is 7.20. The Morgan fingerprint density at radius 2 is 1.75 bits per heavy atom. The molecule has 0 fully saturated rings. The van der Waals surface area contributed by atoms with Gasteiger partial charge in [0.1, 0.15) is 5.82 Å². The molecule has 2 aromatic rings. The summed E-state index contributed by atoms with van der Waals surface area (Å²) in [4.78, 5) is 36.3. The van der Waals surface area contributed by atoms with Crippen LogP contribution in [-0.2, 0) is 27.3 Å². The van der Waals surface area contributed by atoms with Crippen molar-refractivity contribution in [2.24, 2.45) is 0 Å². The maximum absolute atomic E-state index is 12.9. The van der Waals surface area contributed by atoms with Crippen LogP contribution in [0.25, 0.3) is 6.08 Å². The fourth-order valence-corrected chi connectivity index (χ4v) is 3.23. The van der Waals surface area contributed by atoms with Crippen LogP contribution in [0.4, 0.5) is 17.6 Å². The smallest absolute Gasteiger partial charge is 0.457 e. The van der Waals surface area contributed by atoms with Crippen LogP contribution < -0.4 is 0 Å². The number of alkyl halides is 3. The van der Waals surface area contributed by atoms with Gasteiger partial charge in [0.2, 0.25) is 0 Å². The quantitative estimate of drug-likeness (QED) is 0.379. The molecule has 0 atom stereocenters. The van der Waals surface area contributed by atoms with E-state index < -0.39 is 30.4 Å². The van der Waals surface area contributed by atoms with Crippen molar-refractivity contribution in [1.82, 2.24) is 4.90 Å². The molecular formula is C23H19F4NO4. The van der Waals surface area contributed by atoms with Crippen LogP contribution in [0.15, 0.2) is 48.5 Å². The molecule has 5 nitrogen and oxygen atoms in total. The predicted molar refractivity (Wildman–Crippen MR) is 107 cm³/mol. The van der Waals surface area contributed by atoms with Gasteiger partial charge in [-0.2, -0.15) is 13.2 Å². The van der Waals surface area contributed by atoms with E-state index in [9.17, 15) is 31.9 Å². The lowest BCUT2D eigenvalue weighted by Crippen LogP contribution is -2.43. The third-order valence-electron chi connectivity index (χ3n) is 4.90.